The van der Waals surface area contributed by atoms with Gasteiger partial charge in [0.1, 0.15) is 0 Å². The van der Waals surface area contributed by atoms with Gasteiger partial charge in [-0.25, -0.2) is 0 Å². The zero-order valence-corrected chi connectivity index (χ0v) is 9.73. The molecule has 2 fully saturated rings. The topological polar surface area (TPSA) is 3.24 Å². The quantitative estimate of drug-likeness (QED) is 0.667. The van der Waals surface area contributed by atoms with E-state index in [1.165, 1.54) is 71.0 Å². The van der Waals surface area contributed by atoms with Gasteiger partial charge in [0.15, 0.2) is 0 Å². The molecule has 0 atom stereocenters. The second-order valence-electron chi connectivity index (χ2n) is 5.40. The Kier molecular flexibility index (Phi) is 3.48. The number of nitrogens with zero attached hydrogens (tertiary/aromatic N) is 1. The summed E-state index contributed by atoms with van der Waals surface area (Å²) in [6, 6.07) is 0. The van der Waals surface area contributed by atoms with E-state index in [-0.39, 0.29) is 0 Å². The molecular formula is C13H25N. The van der Waals surface area contributed by atoms with Crippen molar-refractivity contribution < 1.29 is 0 Å². The largest absolute Gasteiger partial charge is 0.303 e. The van der Waals surface area contributed by atoms with Gasteiger partial charge in [-0.2, -0.15) is 0 Å². The fourth-order valence-electron chi connectivity index (χ4n) is 3.34. The van der Waals surface area contributed by atoms with E-state index in [1.807, 2.05) is 0 Å². The van der Waals surface area contributed by atoms with Crippen molar-refractivity contribution in [3.8, 4) is 0 Å². The first-order chi connectivity index (χ1) is 6.85. The summed E-state index contributed by atoms with van der Waals surface area (Å²) >= 11 is 0. The van der Waals surface area contributed by atoms with Crippen LogP contribution in [0.25, 0.3) is 0 Å². The van der Waals surface area contributed by atoms with E-state index in [0.29, 0.717) is 5.41 Å². The van der Waals surface area contributed by atoms with Crippen molar-refractivity contribution in [1.82, 2.24) is 4.90 Å². The standard InChI is InChI=1S/C13H25N/c1-2-13(8-4-3-5-9-13)12-14-10-6-7-11-14/h2-12H2,1H3. The van der Waals surface area contributed by atoms with Crippen LogP contribution < -0.4 is 0 Å². The number of likely N-dealkylation sites (tertiary alicyclic amines) is 1. The zero-order valence-electron chi connectivity index (χ0n) is 9.73. The summed E-state index contributed by atoms with van der Waals surface area (Å²) in [6.45, 7) is 6.56. The Hall–Kier alpha value is -0.0400. The predicted octanol–water partition coefficient (Wildman–Crippen LogP) is 3.44. The van der Waals surface area contributed by atoms with E-state index in [4.69, 9.17) is 0 Å². The molecule has 0 aromatic rings. The molecule has 1 heteroatoms. The molecule has 0 amide bonds. The molecule has 14 heavy (non-hydrogen) atoms. The predicted molar refractivity (Wildman–Crippen MR) is 61.5 cm³/mol. The Balaban J connectivity index is 1.89. The van der Waals surface area contributed by atoms with Gasteiger partial charge in [-0.3, -0.25) is 0 Å². The van der Waals surface area contributed by atoms with Crippen molar-refractivity contribution in [1.29, 1.82) is 0 Å². The lowest BCUT2D eigenvalue weighted by Gasteiger charge is -2.39. The molecule has 1 aliphatic heterocycles. The third-order valence-corrected chi connectivity index (χ3v) is 4.42. The Morgan fingerprint density at radius 3 is 2.14 bits per heavy atom. The van der Waals surface area contributed by atoms with E-state index in [9.17, 15) is 0 Å². The van der Waals surface area contributed by atoms with Crippen LogP contribution in [0.15, 0.2) is 0 Å². The molecule has 1 saturated carbocycles. The van der Waals surface area contributed by atoms with Crippen molar-refractivity contribution >= 4 is 0 Å². The third kappa shape index (κ3) is 2.31. The minimum atomic E-state index is 0.711. The van der Waals surface area contributed by atoms with E-state index in [1.54, 1.807) is 0 Å². The molecule has 1 aliphatic carbocycles. The highest BCUT2D eigenvalue weighted by Crippen LogP contribution is 2.40. The van der Waals surface area contributed by atoms with Gasteiger partial charge >= 0.3 is 0 Å². The summed E-state index contributed by atoms with van der Waals surface area (Å²) in [5.41, 5.74) is 0.711. The fourth-order valence-corrected chi connectivity index (χ4v) is 3.34. The SMILES string of the molecule is CCC1(CN2CCCC2)CCCCC1. The number of hydrogen-bond donors (Lipinski definition) is 0. The number of hydrogen-bond acceptors (Lipinski definition) is 1. The van der Waals surface area contributed by atoms with Crippen LogP contribution in [-0.2, 0) is 0 Å². The van der Waals surface area contributed by atoms with Gasteiger partial charge in [-0.15, -0.1) is 0 Å². The molecule has 1 heterocycles. The van der Waals surface area contributed by atoms with Crippen LogP contribution in [-0.4, -0.2) is 24.5 Å². The Labute approximate surface area is 88.9 Å². The van der Waals surface area contributed by atoms with Crippen molar-refractivity contribution in [2.24, 2.45) is 5.41 Å². The van der Waals surface area contributed by atoms with Gasteiger partial charge in [0.25, 0.3) is 0 Å². The summed E-state index contributed by atoms with van der Waals surface area (Å²) in [5.74, 6) is 0. The lowest BCUT2D eigenvalue weighted by atomic mass is 9.72. The van der Waals surface area contributed by atoms with Crippen LogP contribution in [0, 0.1) is 5.41 Å². The van der Waals surface area contributed by atoms with Gasteiger partial charge in [-0.1, -0.05) is 26.2 Å². The molecule has 0 spiro atoms. The fraction of sp³-hybridized carbons (Fsp3) is 1.00. The first kappa shape index (κ1) is 10.5. The monoisotopic (exact) mass is 195 g/mol. The van der Waals surface area contributed by atoms with Gasteiger partial charge in [0.2, 0.25) is 0 Å². The summed E-state index contributed by atoms with van der Waals surface area (Å²) in [6.07, 6.45) is 11.8. The van der Waals surface area contributed by atoms with Gasteiger partial charge in [-0.05, 0) is 50.6 Å². The Morgan fingerprint density at radius 1 is 0.929 bits per heavy atom. The van der Waals surface area contributed by atoms with Crippen molar-refractivity contribution in [3.63, 3.8) is 0 Å². The first-order valence-corrected chi connectivity index (χ1v) is 6.57. The van der Waals surface area contributed by atoms with Crippen LogP contribution in [0.3, 0.4) is 0 Å². The zero-order chi connectivity index (χ0) is 9.86. The minimum Gasteiger partial charge on any atom is -0.303 e. The highest BCUT2D eigenvalue weighted by atomic mass is 15.1. The maximum Gasteiger partial charge on any atom is 0.00379 e. The average Bonchev–Trinajstić information content (AvgIpc) is 2.72. The molecule has 1 nitrogen and oxygen atoms in total. The van der Waals surface area contributed by atoms with Crippen LogP contribution in [0.4, 0.5) is 0 Å². The van der Waals surface area contributed by atoms with E-state index >= 15 is 0 Å². The molecule has 0 radical (unpaired) electrons. The maximum atomic E-state index is 2.72. The van der Waals surface area contributed by atoms with Crippen molar-refractivity contribution in [2.45, 2.75) is 58.3 Å². The molecule has 2 rings (SSSR count). The van der Waals surface area contributed by atoms with Crippen LogP contribution in [0.5, 0.6) is 0 Å². The van der Waals surface area contributed by atoms with Crippen molar-refractivity contribution in [2.75, 3.05) is 19.6 Å². The lowest BCUT2D eigenvalue weighted by Crippen LogP contribution is -2.37. The van der Waals surface area contributed by atoms with E-state index < -0.39 is 0 Å². The van der Waals surface area contributed by atoms with Gasteiger partial charge < -0.3 is 4.90 Å². The molecule has 1 saturated heterocycles. The van der Waals surface area contributed by atoms with Gasteiger partial charge in [0, 0.05) is 6.54 Å². The summed E-state index contributed by atoms with van der Waals surface area (Å²) < 4.78 is 0. The molecule has 0 unspecified atom stereocenters. The second-order valence-corrected chi connectivity index (χ2v) is 5.40. The Morgan fingerprint density at radius 2 is 1.57 bits per heavy atom. The normalized spacial score (nSPS) is 28.1. The van der Waals surface area contributed by atoms with Crippen LogP contribution in [0.2, 0.25) is 0 Å². The molecule has 0 aromatic carbocycles. The minimum absolute atomic E-state index is 0.711. The third-order valence-electron chi connectivity index (χ3n) is 4.42. The molecule has 2 aliphatic rings. The molecular weight excluding hydrogens is 170 g/mol. The van der Waals surface area contributed by atoms with Gasteiger partial charge in [0.05, 0.1) is 0 Å². The summed E-state index contributed by atoms with van der Waals surface area (Å²) in [5, 5.41) is 0. The van der Waals surface area contributed by atoms with E-state index in [2.05, 4.69) is 11.8 Å². The maximum absolute atomic E-state index is 2.72. The molecule has 0 bridgehead atoms. The molecule has 0 N–H and O–H groups in total. The molecule has 82 valence electrons. The summed E-state index contributed by atoms with van der Waals surface area (Å²) in [4.78, 5) is 2.72. The van der Waals surface area contributed by atoms with Crippen LogP contribution >= 0.6 is 0 Å². The smallest absolute Gasteiger partial charge is 0.00379 e. The van der Waals surface area contributed by atoms with E-state index in [0.717, 1.165) is 0 Å². The summed E-state index contributed by atoms with van der Waals surface area (Å²) in [7, 11) is 0. The second kappa shape index (κ2) is 4.65. The van der Waals surface area contributed by atoms with Crippen LogP contribution in [0.1, 0.15) is 58.3 Å². The lowest BCUT2D eigenvalue weighted by molar-refractivity contribution is 0.114. The Bertz CT molecular complexity index is 164. The number of rotatable bonds is 3. The highest BCUT2D eigenvalue weighted by molar-refractivity contribution is 4.85. The highest BCUT2D eigenvalue weighted by Gasteiger charge is 2.32. The first-order valence-electron chi connectivity index (χ1n) is 6.57. The van der Waals surface area contributed by atoms with Crippen molar-refractivity contribution in [3.05, 3.63) is 0 Å². The average molecular weight is 195 g/mol. The molecule has 0 aromatic heterocycles.